The van der Waals surface area contributed by atoms with Gasteiger partial charge in [-0.15, -0.1) is 0 Å². The molecular formula is C87H148O17P2. The van der Waals surface area contributed by atoms with E-state index < -0.39 is 97.5 Å². The minimum Gasteiger partial charge on any atom is -0.462 e. The number of unbranched alkanes of at least 4 members (excludes halogenated alkanes) is 29. The van der Waals surface area contributed by atoms with Gasteiger partial charge in [0.05, 0.1) is 26.4 Å². The van der Waals surface area contributed by atoms with Gasteiger partial charge in [0.1, 0.15) is 19.3 Å². The maximum atomic E-state index is 13.1. The zero-order valence-electron chi connectivity index (χ0n) is 66.6. The first kappa shape index (κ1) is 101. The van der Waals surface area contributed by atoms with Crippen molar-refractivity contribution in [2.75, 3.05) is 39.6 Å². The number of phosphoric acid groups is 2. The van der Waals surface area contributed by atoms with Crippen molar-refractivity contribution in [2.45, 2.75) is 354 Å². The lowest BCUT2D eigenvalue weighted by Crippen LogP contribution is -2.30. The lowest BCUT2D eigenvalue weighted by Gasteiger charge is -2.21. The molecule has 0 aliphatic carbocycles. The van der Waals surface area contributed by atoms with Gasteiger partial charge in [0.25, 0.3) is 0 Å². The number of allylic oxidation sites excluding steroid dienone is 22. The van der Waals surface area contributed by atoms with Crippen LogP contribution in [0.4, 0.5) is 0 Å². The maximum absolute atomic E-state index is 13.1. The summed E-state index contributed by atoms with van der Waals surface area (Å²) >= 11 is 0. The summed E-state index contributed by atoms with van der Waals surface area (Å²) in [5, 5.41) is 10.7. The molecule has 0 radical (unpaired) electrons. The summed E-state index contributed by atoms with van der Waals surface area (Å²) in [6, 6.07) is 0. The average Bonchev–Trinajstić information content (AvgIpc) is 0.909. The third-order valence-electron chi connectivity index (χ3n) is 17.1. The number of rotatable bonds is 77. The van der Waals surface area contributed by atoms with Crippen LogP contribution in [0.3, 0.4) is 0 Å². The lowest BCUT2D eigenvalue weighted by molar-refractivity contribution is -0.161. The Kier molecular flexibility index (Phi) is 74.8. The molecule has 0 fully saturated rings. The summed E-state index contributed by atoms with van der Waals surface area (Å²) in [7, 11) is -9.99. The molecule has 0 aliphatic heterocycles. The highest BCUT2D eigenvalue weighted by Gasteiger charge is 2.30. The molecule has 19 heteroatoms. The minimum atomic E-state index is -5.00. The molecule has 5 unspecified atom stereocenters. The Bertz CT molecular complexity index is 2530. The highest BCUT2D eigenvalue weighted by molar-refractivity contribution is 7.47. The fourth-order valence-electron chi connectivity index (χ4n) is 10.9. The van der Waals surface area contributed by atoms with Gasteiger partial charge in [0.2, 0.25) is 0 Å². The molecule has 5 atom stereocenters. The molecule has 106 heavy (non-hydrogen) atoms. The van der Waals surface area contributed by atoms with Crippen LogP contribution in [-0.2, 0) is 65.4 Å². The van der Waals surface area contributed by atoms with Gasteiger partial charge < -0.3 is 33.8 Å². The number of esters is 4. The zero-order valence-corrected chi connectivity index (χ0v) is 68.4. The van der Waals surface area contributed by atoms with Gasteiger partial charge in [-0.2, -0.15) is 0 Å². The monoisotopic (exact) mass is 1530 g/mol. The van der Waals surface area contributed by atoms with E-state index in [2.05, 4.69) is 143 Å². The van der Waals surface area contributed by atoms with E-state index in [-0.39, 0.29) is 25.7 Å². The third kappa shape index (κ3) is 77.4. The highest BCUT2D eigenvalue weighted by Crippen LogP contribution is 2.45. The van der Waals surface area contributed by atoms with Crippen molar-refractivity contribution in [3.8, 4) is 0 Å². The quantitative estimate of drug-likeness (QED) is 0.0169. The topological polar surface area (TPSA) is 237 Å². The van der Waals surface area contributed by atoms with Crippen molar-refractivity contribution in [1.82, 2.24) is 0 Å². The first-order valence-corrected chi connectivity index (χ1v) is 44.4. The van der Waals surface area contributed by atoms with Gasteiger partial charge in [-0.3, -0.25) is 37.3 Å². The summed E-state index contributed by atoms with van der Waals surface area (Å²) in [6.45, 7) is 4.56. The predicted octanol–water partition coefficient (Wildman–Crippen LogP) is 24.4. The lowest BCUT2D eigenvalue weighted by atomic mass is 10.0. The van der Waals surface area contributed by atoms with E-state index in [1.807, 2.05) is 18.2 Å². The number of carbonyl (C=O) groups is 4. The van der Waals surface area contributed by atoms with Gasteiger partial charge >= 0.3 is 39.5 Å². The summed E-state index contributed by atoms with van der Waals surface area (Å²) in [4.78, 5) is 73.1. The Morgan fingerprint density at radius 3 is 0.821 bits per heavy atom. The first-order chi connectivity index (χ1) is 51.7. The van der Waals surface area contributed by atoms with E-state index in [1.54, 1.807) is 0 Å². The smallest absolute Gasteiger partial charge is 0.462 e. The molecule has 608 valence electrons. The van der Waals surface area contributed by atoms with Crippen molar-refractivity contribution in [2.24, 2.45) is 0 Å². The predicted molar refractivity (Wildman–Crippen MR) is 436 cm³/mol. The standard InChI is InChI=1S/C87H148O17P2/c1-5-9-13-17-21-25-29-33-37-39-40-42-46-48-52-56-60-64-68-72-85(90)98-78-83(104-87(92)74-70-66-62-58-54-50-44-36-32-28-24-20-16-12-8-4)80-102-106(95,96)100-76-81(88)75-99-105(93,94)101-79-82(103-86(91)73-69-65-61-57-53-49-43-35-31-27-23-19-15-11-7-3)77-97-84(89)71-67-63-59-55-51-47-45-41-38-34-30-26-22-18-14-10-6-2/h9-10,13-14,21-22,25-26,33-35,37-38,40,42-43,45,47-48,52,60,64,81-83,88H,5-8,11-12,15-20,23-24,27-32,36,39,41,44,46,49-51,53-59,61-63,65-80H2,1-4H3,(H,93,94)(H,95,96)/b13-9-,14-10-,25-21-,26-22-,37-33-,38-34-,42-40-,43-35-,47-45-,52-48-,64-60-. The van der Waals surface area contributed by atoms with E-state index in [4.69, 9.17) is 37.0 Å². The molecule has 0 amide bonds. The molecule has 0 rings (SSSR count). The normalized spacial score (nSPS) is 14.5. The number of aliphatic hydroxyl groups excluding tert-OH is 1. The van der Waals surface area contributed by atoms with Gasteiger partial charge in [-0.05, 0) is 128 Å². The highest BCUT2D eigenvalue weighted by atomic mass is 31.2. The zero-order chi connectivity index (χ0) is 77.4. The SMILES string of the molecule is CC/C=C\C/C=C\C/C=C\C/C=C\C/C=C\C/C=C\CCC(=O)OCC(COP(=O)(O)OCC(O)COP(=O)(O)OCC(COC(=O)CCCCCC/C=C\C/C=C\C/C=C\C/C=C\CC)OC(=O)CCCCCCC/C=C\CCCCCCCC)OC(=O)CCCCCCCCCCCCCCCCC. The number of carbonyl (C=O) groups excluding carboxylic acids is 4. The van der Waals surface area contributed by atoms with Crippen LogP contribution in [-0.4, -0.2) is 96.7 Å². The summed E-state index contributed by atoms with van der Waals surface area (Å²) in [5.41, 5.74) is 0. The molecule has 0 aromatic carbocycles. The Hall–Kier alpha value is -4.80. The number of phosphoric ester groups is 2. The summed E-state index contributed by atoms with van der Waals surface area (Å²) < 4.78 is 68.6. The van der Waals surface area contributed by atoms with Gasteiger partial charge in [0, 0.05) is 25.7 Å². The summed E-state index contributed by atoms with van der Waals surface area (Å²) in [6.07, 6.45) is 88.6. The van der Waals surface area contributed by atoms with E-state index in [0.717, 1.165) is 148 Å². The number of hydrogen-bond acceptors (Lipinski definition) is 15. The number of hydrogen-bond donors (Lipinski definition) is 3. The van der Waals surface area contributed by atoms with Crippen LogP contribution >= 0.6 is 15.6 Å². The molecule has 0 saturated carbocycles. The maximum Gasteiger partial charge on any atom is 0.472 e. The molecule has 3 N–H and O–H groups in total. The third-order valence-corrected chi connectivity index (χ3v) is 19.0. The second kappa shape index (κ2) is 78.3. The van der Waals surface area contributed by atoms with Crippen molar-refractivity contribution < 1.29 is 80.2 Å². The summed E-state index contributed by atoms with van der Waals surface area (Å²) in [5.74, 6) is -2.30. The van der Waals surface area contributed by atoms with Crippen molar-refractivity contribution in [3.63, 3.8) is 0 Å². The molecular weight excluding hydrogens is 1380 g/mol. The fraction of sp³-hybridized carbons (Fsp3) is 0.701. The number of aliphatic hydroxyl groups is 1. The van der Waals surface area contributed by atoms with Crippen LogP contribution in [0.1, 0.15) is 336 Å². The van der Waals surface area contributed by atoms with Crippen LogP contribution in [0.15, 0.2) is 134 Å². The molecule has 0 bridgehead atoms. The molecule has 17 nitrogen and oxygen atoms in total. The Morgan fingerprint density at radius 2 is 0.509 bits per heavy atom. The van der Waals surface area contributed by atoms with Crippen LogP contribution < -0.4 is 0 Å². The van der Waals surface area contributed by atoms with Gasteiger partial charge in [-0.1, -0.05) is 315 Å². The molecule has 0 aromatic heterocycles. The van der Waals surface area contributed by atoms with Crippen molar-refractivity contribution in [1.29, 1.82) is 0 Å². The van der Waals surface area contributed by atoms with Gasteiger partial charge in [-0.25, -0.2) is 9.13 Å². The van der Waals surface area contributed by atoms with Crippen LogP contribution in [0.25, 0.3) is 0 Å². The Morgan fingerprint density at radius 1 is 0.274 bits per heavy atom. The van der Waals surface area contributed by atoms with E-state index in [9.17, 15) is 43.2 Å². The van der Waals surface area contributed by atoms with Crippen LogP contribution in [0.5, 0.6) is 0 Å². The van der Waals surface area contributed by atoms with E-state index in [1.165, 1.54) is 103 Å². The van der Waals surface area contributed by atoms with E-state index >= 15 is 0 Å². The fourth-order valence-corrected chi connectivity index (χ4v) is 12.5. The van der Waals surface area contributed by atoms with Crippen molar-refractivity contribution in [3.05, 3.63) is 134 Å². The first-order valence-electron chi connectivity index (χ1n) is 41.4. The molecule has 0 saturated heterocycles. The minimum absolute atomic E-state index is 0.0352. The molecule has 0 heterocycles. The second-order valence-electron chi connectivity index (χ2n) is 27.3. The second-order valence-corrected chi connectivity index (χ2v) is 30.2. The largest absolute Gasteiger partial charge is 0.472 e. The van der Waals surface area contributed by atoms with Crippen LogP contribution in [0, 0.1) is 0 Å². The van der Waals surface area contributed by atoms with E-state index in [0.29, 0.717) is 32.1 Å². The molecule has 0 aliphatic rings. The van der Waals surface area contributed by atoms with Gasteiger partial charge in [0.15, 0.2) is 12.2 Å². The van der Waals surface area contributed by atoms with Crippen molar-refractivity contribution >= 4 is 39.5 Å². The Labute approximate surface area is 644 Å². The Balaban J connectivity index is 5.45. The molecule has 0 spiro atoms. The number of ether oxygens (including phenoxy) is 4. The molecule has 0 aromatic rings. The van der Waals surface area contributed by atoms with Crippen LogP contribution in [0.2, 0.25) is 0 Å². The average molecular weight is 1530 g/mol.